The van der Waals surface area contributed by atoms with Crippen LogP contribution in [0.3, 0.4) is 0 Å². The van der Waals surface area contributed by atoms with Gasteiger partial charge in [-0.2, -0.15) is 5.26 Å². The highest BCUT2D eigenvalue weighted by Crippen LogP contribution is 2.30. The Hall–Kier alpha value is -1.56. The Morgan fingerprint density at radius 1 is 1.35 bits per heavy atom. The molecular formula is C14H17FN2. The molecule has 1 aromatic rings. The molecule has 0 aliphatic carbocycles. The highest BCUT2D eigenvalue weighted by atomic mass is 19.1. The zero-order valence-corrected chi connectivity index (χ0v) is 10.3. The average molecular weight is 232 g/mol. The van der Waals surface area contributed by atoms with Gasteiger partial charge in [-0.25, -0.2) is 4.39 Å². The van der Waals surface area contributed by atoms with Gasteiger partial charge in [0, 0.05) is 12.6 Å². The highest BCUT2D eigenvalue weighted by molar-refractivity contribution is 5.60. The minimum absolute atomic E-state index is 0.344. The van der Waals surface area contributed by atoms with Gasteiger partial charge < -0.3 is 4.90 Å². The van der Waals surface area contributed by atoms with Gasteiger partial charge in [0.15, 0.2) is 0 Å². The standard InChI is InChI=1S/C14H17FN2/c1-10-3-4-11(2)17(9-10)14-6-5-13(15)7-12(14)8-16/h5-7,10-11H,3-4,9H2,1-2H3. The Balaban J connectivity index is 2.35. The molecule has 0 N–H and O–H groups in total. The van der Waals surface area contributed by atoms with Crippen LogP contribution >= 0.6 is 0 Å². The van der Waals surface area contributed by atoms with Crippen molar-refractivity contribution in [2.75, 3.05) is 11.4 Å². The molecule has 1 aliphatic rings. The summed E-state index contributed by atoms with van der Waals surface area (Å²) in [6.07, 6.45) is 2.35. The maximum Gasteiger partial charge on any atom is 0.124 e. The molecular weight excluding hydrogens is 215 g/mol. The normalized spacial score (nSPS) is 24.5. The number of nitrogens with zero attached hydrogens (tertiary/aromatic N) is 2. The Labute approximate surface area is 102 Å². The number of hydrogen-bond donors (Lipinski definition) is 0. The van der Waals surface area contributed by atoms with E-state index in [1.165, 1.54) is 18.6 Å². The van der Waals surface area contributed by atoms with Crippen molar-refractivity contribution in [1.29, 1.82) is 5.26 Å². The predicted molar refractivity (Wildman–Crippen MR) is 66.3 cm³/mol. The molecule has 2 nitrogen and oxygen atoms in total. The molecule has 2 unspecified atom stereocenters. The summed E-state index contributed by atoms with van der Waals surface area (Å²) in [6.45, 7) is 5.33. The van der Waals surface area contributed by atoms with Crippen LogP contribution in [0, 0.1) is 23.1 Å². The smallest absolute Gasteiger partial charge is 0.124 e. The number of piperidine rings is 1. The highest BCUT2D eigenvalue weighted by Gasteiger charge is 2.24. The van der Waals surface area contributed by atoms with Crippen LogP contribution in [0.5, 0.6) is 0 Å². The molecule has 0 spiro atoms. The van der Waals surface area contributed by atoms with E-state index >= 15 is 0 Å². The first-order valence-electron chi connectivity index (χ1n) is 6.08. The number of benzene rings is 1. The summed E-state index contributed by atoms with van der Waals surface area (Å²) in [4.78, 5) is 2.23. The van der Waals surface area contributed by atoms with Crippen molar-refractivity contribution in [3.63, 3.8) is 0 Å². The second-order valence-electron chi connectivity index (χ2n) is 4.96. The van der Waals surface area contributed by atoms with Crippen molar-refractivity contribution in [1.82, 2.24) is 0 Å². The zero-order chi connectivity index (χ0) is 12.4. The van der Waals surface area contributed by atoms with Crippen LogP contribution in [0.15, 0.2) is 18.2 Å². The fourth-order valence-electron chi connectivity index (χ4n) is 2.47. The van der Waals surface area contributed by atoms with Crippen LogP contribution in [-0.2, 0) is 0 Å². The number of anilines is 1. The quantitative estimate of drug-likeness (QED) is 0.742. The van der Waals surface area contributed by atoms with E-state index in [1.54, 1.807) is 6.07 Å². The van der Waals surface area contributed by atoms with Gasteiger partial charge in [-0.3, -0.25) is 0 Å². The summed E-state index contributed by atoms with van der Waals surface area (Å²) in [6, 6.07) is 6.99. The minimum atomic E-state index is -0.344. The van der Waals surface area contributed by atoms with Crippen LogP contribution in [-0.4, -0.2) is 12.6 Å². The maximum atomic E-state index is 13.1. The molecule has 0 bridgehead atoms. The van der Waals surface area contributed by atoms with Gasteiger partial charge in [0.2, 0.25) is 0 Å². The largest absolute Gasteiger partial charge is 0.367 e. The number of nitriles is 1. The molecule has 0 radical (unpaired) electrons. The predicted octanol–water partition coefficient (Wildman–Crippen LogP) is 3.32. The fraction of sp³-hybridized carbons (Fsp3) is 0.500. The first-order chi connectivity index (χ1) is 8.11. The van der Waals surface area contributed by atoms with E-state index in [0.29, 0.717) is 17.5 Å². The molecule has 2 rings (SSSR count). The summed E-state index contributed by atoms with van der Waals surface area (Å²) in [5, 5.41) is 9.08. The maximum absolute atomic E-state index is 13.1. The SMILES string of the molecule is CC1CCC(C)N(c2ccc(F)cc2C#N)C1. The first kappa shape index (κ1) is 11.9. The third-order valence-corrected chi connectivity index (χ3v) is 3.51. The van der Waals surface area contributed by atoms with Crippen LogP contribution in [0.4, 0.5) is 10.1 Å². The van der Waals surface area contributed by atoms with Crippen molar-refractivity contribution >= 4 is 5.69 Å². The first-order valence-corrected chi connectivity index (χ1v) is 6.08. The zero-order valence-electron chi connectivity index (χ0n) is 10.3. The molecule has 2 atom stereocenters. The molecule has 0 amide bonds. The van der Waals surface area contributed by atoms with Gasteiger partial charge in [0.25, 0.3) is 0 Å². The molecule has 3 heteroatoms. The molecule has 1 heterocycles. The lowest BCUT2D eigenvalue weighted by Crippen LogP contribution is -2.41. The molecule has 1 fully saturated rings. The summed E-state index contributed by atoms with van der Waals surface area (Å²) < 4.78 is 13.1. The second-order valence-corrected chi connectivity index (χ2v) is 4.96. The lowest BCUT2D eigenvalue weighted by molar-refractivity contribution is 0.390. The van der Waals surface area contributed by atoms with Gasteiger partial charge in [0.05, 0.1) is 11.3 Å². The minimum Gasteiger partial charge on any atom is -0.367 e. The average Bonchev–Trinajstić information content (AvgIpc) is 2.32. The Kier molecular flexibility index (Phi) is 3.33. The molecule has 1 saturated heterocycles. The van der Waals surface area contributed by atoms with Crippen molar-refractivity contribution in [3.8, 4) is 6.07 Å². The lowest BCUT2D eigenvalue weighted by atomic mass is 9.94. The van der Waals surface area contributed by atoms with E-state index in [9.17, 15) is 4.39 Å². The van der Waals surface area contributed by atoms with Gasteiger partial charge in [-0.1, -0.05) is 6.92 Å². The van der Waals surface area contributed by atoms with Crippen LogP contribution in [0.1, 0.15) is 32.3 Å². The van der Waals surface area contributed by atoms with Crippen LogP contribution < -0.4 is 4.90 Å². The summed E-state index contributed by atoms with van der Waals surface area (Å²) >= 11 is 0. The molecule has 1 aliphatic heterocycles. The van der Waals surface area contributed by atoms with Gasteiger partial charge in [0.1, 0.15) is 11.9 Å². The van der Waals surface area contributed by atoms with Gasteiger partial charge in [-0.15, -0.1) is 0 Å². The molecule has 0 aromatic heterocycles. The Morgan fingerprint density at radius 2 is 2.12 bits per heavy atom. The van der Waals surface area contributed by atoms with Crippen LogP contribution in [0.25, 0.3) is 0 Å². The van der Waals surface area contributed by atoms with E-state index in [2.05, 4.69) is 24.8 Å². The molecule has 0 saturated carbocycles. The summed E-state index contributed by atoms with van der Waals surface area (Å²) in [5.41, 5.74) is 1.30. The van der Waals surface area contributed by atoms with E-state index in [1.807, 2.05) is 0 Å². The van der Waals surface area contributed by atoms with Crippen molar-refractivity contribution < 1.29 is 4.39 Å². The van der Waals surface area contributed by atoms with E-state index in [4.69, 9.17) is 5.26 Å². The third kappa shape index (κ3) is 2.41. The van der Waals surface area contributed by atoms with Crippen molar-refractivity contribution in [2.45, 2.75) is 32.7 Å². The summed E-state index contributed by atoms with van der Waals surface area (Å²) in [5.74, 6) is 0.283. The number of hydrogen-bond acceptors (Lipinski definition) is 2. The topological polar surface area (TPSA) is 27.0 Å². The van der Waals surface area contributed by atoms with Crippen molar-refractivity contribution in [2.24, 2.45) is 5.92 Å². The summed E-state index contributed by atoms with van der Waals surface area (Å²) in [7, 11) is 0. The Bertz CT molecular complexity index is 450. The monoisotopic (exact) mass is 232 g/mol. The van der Waals surface area contributed by atoms with Gasteiger partial charge >= 0.3 is 0 Å². The van der Waals surface area contributed by atoms with Gasteiger partial charge in [-0.05, 0) is 43.9 Å². The lowest BCUT2D eigenvalue weighted by Gasteiger charge is -2.39. The number of rotatable bonds is 1. The van der Waals surface area contributed by atoms with Crippen LogP contribution in [0.2, 0.25) is 0 Å². The second kappa shape index (κ2) is 4.75. The van der Waals surface area contributed by atoms with Crippen molar-refractivity contribution in [3.05, 3.63) is 29.6 Å². The Morgan fingerprint density at radius 3 is 2.82 bits per heavy atom. The molecule has 17 heavy (non-hydrogen) atoms. The van der Waals surface area contributed by atoms with E-state index in [-0.39, 0.29) is 5.82 Å². The number of halogens is 1. The van der Waals surface area contributed by atoms with E-state index < -0.39 is 0 Å². The molecule has 90 valence electrons. The molecule has 1 aromatic carbocycles. The third-order valence-electron chi connectivity index (χ3n) is 3.51. The van der Waals surface area contributed by atoms with E-state index in [0.717, 1.165) is 18.7 Å². The fourth-order valence-corrected chi connectivity index (χ4v) is 2.47.